The highest BCUT2D eigenvalue weighted by molar-refractivity contribution is 6.62. The van der Waals surface area contributed by atoms with E-state index in [0.717, 1.165) is 12.0 Å². The third-order valence-electron chi connectivity index (χ3n) is 4.51. The van der Waals surface area contributed by atoms with Crippen molar-refractivity contribution in [2.75, 3.05) is 0 Å². The smallest absolute Gasteiger partial charge is 0.399 e. The molecule has 1 aromatic carbocycles. The molecule has 1 aliphatic rings. The zero-order valence-corrected chi connectivity index (χ0v) is 13.2. The summed E-state index contributed by atoms with van der Waals surface area (Å²) in [5, 5.41) is 0. The van der Waals surface area contributed by atoms with Crippen LogP contribution in [0.25, 0.3) is 0 Å². The molecule has 1 aromatic heterocycles. The van der Waals surface area contributed by atoms with Crippen LogP contribution in [-0.4, -0.2) is 22.9 Å². The Morgan fingerprint density at radius 3 is 2.19 bits per heavy atom. The molecule has 3 rings (SSSR count). The molecular weight excluding hydrogens is 261 g/mol. The molecule has 0 unspecified atom stereocenters. The highest BCUT2D eigenvalue weighted by Gasteiger charge is 2.51. The lowest BCUT2D eigenvalue weighted by atomic mass is 9.81. The number of rotatable bonds is 3. The van der Waals surface area contributed by atoms with E-state index in [1.165, 1.54) is 5.56 Å². The number of benzene rings is 1. The molecule has 1 aliphatic heterocycles. The van der Waals surface area contributed by atoms with Crippen LogP contribution in [0.2, 0.25) is 0 Å². The summed E-state index contributed by atoms with van der Waals surface area (Å²) in [6.07, 6.45) is 4.18. The summed E-state index contributed by atoms with van der Waals surface area (Å²) >= 11 is 0. The molecule has 2 aromatic rings. The molecule has 1 saturated heterocycles. The van der Waals surface area contributed by atoms with Crippen LogP contribution in [0.1, 0.15) is 33.3 Å². The van der Waals surface area contributed by atoms with Crippen molar-refractivity contribution in [3.63, 3.8) is 0 Å². The molecule has 1 fully saturated rings. The van der Waals surface area contributed by atoms with Gasteiger partial charge in [0.05, 0.1) is 11.2 Å². The second-order valence-corrected chi connectivity index (χ2v) is 6.69. The second-order valence-electron chi connectivity index (χ2n) is 6.69. The van der Waals surface area contributed by atoms with Gasteiger partial charge in [0.25, 0.3) is 0 Å². The Bertz CT molecular complexity index is 603. The van der Waals surface area contributed by atoms with E-state index >= 15 is 0 Å². The van der Waals surface area contributed by atoms with Crippen LogP contribution in [-0.2, 0) is 15.9 Å². The number of nitrogens with zero attached hydrogens (tertiary/aromatic N) is 1. The predicted molar refractivity (Wildman–Crippen MR) is 85.7 cm³/mol. The lowest BCUT2D eigenvalue weighted by Gasteiger charge is -2.32. The zero-order valence-electron chi connectivity index (χ0n) is 13.2. The SMILES string of the molecule is CC1(C)OB(c2ccn(Cc3ccccc3)c2)OC1(C)C. The Labute approximate surface area is 127 Å². The summed E-state index contributed by atoms with van der Waals surface area (Å²) in [5.41, 5.74) is 1.77. The Kier molecular flexibility index (Phi) is 3.46. The Hall–Kier alpha value is -1.52. The van der Waals surface area contributed by atoms with E-state index in [1.807, 2.05) is 6.07 Å². The van der Waals surface area contributed by atoms with Gasteiger partial charge in [0.1, 0.15) is 0 Å². The van der Waals surface area contributed by atoms with Crippen LogP contribution < -0.4 is 5.46 Å². The Morgan fingerprint density at radius 2 is 1.57 bits per heavy atom. The van der Waals surface area contributed by atoms with Crippen LogP contribution >= 0.6 is 0 Å². The van der Waals surface area contributed by atoms with Gasteiger partial charge in [-0.15, -0.1) is 0 Å². The average Bonchev–Trinajstić information content (AvgIpc) is 2.94. The highest BCUT2D eigenvalue weighted by atomic mass is 16.7. The van der Waals surface area contributed by atoms with E-state index in [-0.39, 0.29) is 18.3 Å². The number of aromatic nitrogens is 1. The molecule has 0 bridgehead atoms. The molecule has 0 amide bonds. The molecule has 0 saturated carbocycles. The third-order valence-corrected chi connectivity index (χ3v) is 4.51. The van der Waals surface area contributed by atoms with Gasteiger partial charge >= 0.3 is 7.12 Å². The van der Waals surface area contributed by atoms with Gasteiger partial charge in [-0.25, -0.2) is 0 Å². The van der Waals surface area contributed by atoms with Crippen LogP contribution in [0, 0.1) is 0 Å². The van der Waals surface area contributed by atoms with Gasteiger partial charge in [0.2, 0.25) is 0 Å². The largest absolute Gasteiger partial charge is 0.496 e. The Balaban J connectivity index is 1.74. The van der Waals surface area contributed by atoms with Crippen molar-refractivity contribution in [1.29, 1.82) is 0 Å². The zero-order chi connectivity index (χ0) is 15.1. The fourth-order valence-electron chi connectivity index (χ4n) is 2.47. The first-order valence-corrected chi connectivity index (χ1v) is 7.43. The maximum Gasteiger partial charge on any atom is 0.496 e. The van der Waals surface area contributed by atoms with E-state index in [1.54, 1.807) is 0 Å². The first-order valence-electron chi connectivity index (χ1n) is 7.43. The van der Waals surface area contributed by atoms with Crippen molar-refractivity contribution in [2.24, 2.45) is 0 Å². The topological polar surface area (TPSA) is 23.4 Å². The standard InChI is InChI=1S/C17H22BNO2/c1-16(2)17(3,4)21-18(20-16)15-10-11-19(13-15)12-14-8-6-5-7-9-14/h5-11,13H,12H2,1-4H3. The maximum atomic E-state index is 6.08. The van der Waals surface area contributed by atoms with Gasteiger partial charge < -0.3 is 13.9 Å². The molecule has 4 heteroatoms. The van der Waals surface area contributed by atoms with Crippen molar-refractivity contribution in [2.45, 2.75) is 45.4 Å². The molecule has 0 N–H and O–H groups in total. The molecule has 3 nitrogen and oxygen atoms in total. The first-order chi connectivity index (χ1) is 9.87. The molecule has 0 spiro atoms. The monoisotopic (exact) mass is 283 g/mol. The van der Waals surface area contributed by atoms with Crippen LogP contribution in [0.15, 0.2) is 48.8 Å². The maximum absolute atomic E-state index is 6.08. The van der Waals surface area contributed by atoms with Crippen LogP contribution in [0.4, 0.5) is 0 Å². The normalized spacial score (nSPS) is 19.9. The summed E-state index contributed by atoms with van der Waals surface area (Å²) in [6.45, 7) is 9.17. The van der Waals surface area contributed by atoms with E-state index < -0.39 is 0 Å². The van der Waals surface area contributed by atoms with Gasteiger partial charge in [-0.3, -0.25) is 0 Å². The summed E-state index contributed by atoms with van der Waals surface area (Å²) in [4.78, 5) is 0. The molecule has 0 aliphatic carbocycles. The fourth-order valence-corrected chi connectivity index (χ4v) is 2.47. The van der Waals surface area contributed by atoms with Crippen molar-refractivity contribution in [1.82, 2.24) is 4.57 Å². The van der Waals surface area contributed by atoms with E-state index in [0.29, 0.717) is 0 Å². The molecule has 110 valence electrons. The van der Waals surface area contributed by atoms with Crippen molar-refractivity contribution in [3.05, 3.63) is 54.4 Å². The number of hydrogen-bond donors (Lipinski definition) is 0. The van der Waals surface area contributed by atoms with Gasteiger partial charge in [-0.1, -0.05) is 30.3 Å². The molecule has 0 atom stereocenters. The van der Waals surface area contributed by atoms with Crippen molar-refractivity contribution < 1.29 is 9.31 Å². The molecule has 21 heavy (non-hydrogen) atoms. The van der Waals surface area contributed by atoms with Gasteiger partial charge in [-0.2, -0.15) is 0 Å². The predicted octanol–water partition coefficient (Wildman–Crippen LogP) is 2.84. The molecule has 2 heterocycles. The second kappa shape index (κ2) is 5.04. The first kappa shape index (κ1) is 14.4. The van der Waals surface area contributed by atoms with Crippen molar-refractivity contribution >= 4 is 12.6 Å². The molecule has 0 radical (unpaired) electrons. The summed E-state index contributed by atoms with van der Waals surface area (Å²) < 4.78 is 14.3. The van der Waals surface area contributed by atoms with E-state index in [4.69, 9.17) is 9.31 Å². The fraction of sp³-hybridized carbons (Fsp3) is 0.412. The van der Waals surface area contributed by atoms with E-state index in [9.17, 15) is 0 Å². The van der Waals surface area contributed by atoms with Crippen molar-refractivity contribution in [3.8, 4) is 0 Å². The summed E-state index contributed by atoms with van der Waals surface area (Å²) in [5.74, 6) is 0. The van der Waals surface area contributed by atoms with Crippen LogP contribution in [0.5, 0.6) is 0 Å². The summed E-state index contributed by atoms with van der Waals surface area (Å²) in [7, 11) is -0.285. The van der Waals surface area contributed by atoms with Gasteiger partial charge in [0, 0.05) is 24.4 Å². The third kappa shape index (κ3) is 2.78. The van der Waals surface area contributed by atoms with Gasteiger partial charge in [-0.05, 0) is 39.3 Å². The molecular formula is C17H22BNO2. The average molecular weight is 283 g/mol. The van der Waals surface area contributed by atoms with E-state index in [2.05, 4.69) is 75.0 Å². The lowest BCUT2D eigenvalue weighted by molar-refractivity contribution is 0.00578. The minimum absolute atomic E-state index is 0.285. The minimum atomic E-state index is -0.292. The minimum Gasteiger partial charge on any atom is -0.399 e. The highest BCUT2D eigenvalue weighted by Crippen LogP contribution is 2.36. The summed E-state index contributed by atoms with van der Waals surface area (Å²) in [6, 6.07) is 12.5. The van der Waals surface area contributed by atoms with Crippen LogP contribution in [0.3, 0.4) is 0 Å². The lowest BCUT2D eigenvalue weighted by Crippen LogP contribution is -2.41. The number of hydrogen-bond acceptors (Lipinski definition) is 2. The quantitative estimate of drug-likeness (QED) is 0.809. The Morgan fingerprint density at radius 1 is 0.952 bits per heavy atom. The van der Waals surface area contributed by atoms with Gasteiger partial charge in [0.15, 0.2) is 0 Å².